The molecule has 0 saturated carbocycles. The lowest BCUT2D eigenvalue weighted by molar-refractivity contribution is 0.0523. The molecule has 1 fully saturated rings. The van der Waals surface area contributed by atoms with E-state index in [0.29, 0.717) is 36.2 Å². The van der Waals surface area contributed by atoms with E-state index in [1.165, 1.54) is 0 Å². The topological polar surface area (TPSA) is 64.5 Å². The molecule has 25 heavy (non-hydrogen) atoms. The van der Waals surface area contributed by atoms with E-state index in [2.05, 4.69) is 9.97 Å². The van der Waals surface area contributed by atoms with Crippen molar-refractivity contribution in [1.82, 2.24) is 14.9 Å². The van der Waals surface area contributed by atoms with E-state index in [1.807, 2.05) is 43.0 Å². The van der Waals surface area contributed by atoms with Gasteiger partial charge in [0.15, 0.2) is 0 Å². The van der Waals surface area contributed by atoms with Crippen molar-refractivity contribution in [1.29, 1.82) is 0 Å². The Hall–Kier alpha value is -2.63. The van der Waals surface area contributed by atoms with E-state index < -0.39 is 0 Å². The number of nitrogens with zero attached hydrogens (tertiary/aromatic N) is 3. The molecule has 0 bridgehead atoms. The van der Waals surface area contributed by atoms with Crippen LogP contribution in [0.4, 0.5) is 0 Å². The summed E-state index contributed by atoms with van der Waals surface area (Å²) >= 11 is 0. The number of likely N-dealkylation sites (tertiary alicyclic amines) is 1. The zero-order valence-corrected chi connectivity index (χ0v) is 14.6. The summed E-state index contributed by atoms with van der Waals surface area (Å²) in [6, 6.07) is 9.13. The van der Waals surface area contributed by atoms with Crippen LogP contribution >= 0.6 is 0 Å². The molecule has 1 atom stereocenters. The van der Waals surface area contributed by atoms with E-state index >= 15 is 0 Å². The maximum absolute atomic E-state index is 12.9. The molecule has 132 valence electrons. The van der Waals surface area contributed by atoms with Gasteiger partial charge >= 0.3 is 0 Å². The van der Waals surface area contributed by atoms with Crippen LogP contribution in [0.3, 0.4) is 0 Å². The van der Waals surface area contributed by atoms with Crippen LogP contribution in [0.15, 0.2) is 36.5 Å². The minimum atomic E-state index is -0.0637. The zero-order chi connectivity index (χ0) is 17.6. The Labute approximate surface area is 147 Å². The van der Waals surface area contributed by atoms with Crippen LogP contribution in [0.1, 0.15) is 35.9 Å². The molecule has 1 aliphatic heterocycles. The highest BCUT2D eigenvalue weighted by molar-refractivity contribution is 5.97. The number of carbonyl (C=O) groups is 1. The number of aromatic nitrogens is 2. The normalized spacial score (nSPS) is 17.2. The molecule has 6 nitrogen and oxygen atoms in total. The molecular weight excluding hydrogens is 318 g/mol. The van der Waals surface area contributed by atoms with Gasteiger partial charge in [0.2, 0.25) is 5.88 Å². The van der Waals surface area contributed by atoms with Gasteiger partial charge in [-0.25, -0.2) is 4.98 Å². The van der Waals surface area contributed by atoms with Crippen LogP contribution in [-0.2, 0) is 0 Å². The second kappa shape index (κ2) is 7.96. The molecule has 1 aromatic heterocycles. The third-order valence-corrected chi connectivity index (χ3v) is 4.12. The highest BCUT2D eigenvalue weighted by atomic mass is 16.5. The Morgan fingerprint density at radius 2 is 2.16 bits per heavy atom. The van der Waals surface area contributed by atoms with Gasteiger partial charge in [-0.3, -0.25) is 4.79 Å². The van der Waals surface area contributed by atoms with Crippen molar-refractivity contribution in [3.8, 4) is 11.6 Å². The van der Waals surface area contributed by atoms with Crippen LogP contribution < -0.4 is 9.47 Å². The van der Waals surface area contributed by atoms with Gasteiger partial charge in [0.1, 0.15) is 17.7 Å². The average Bonchev–Trinajstić information content (AvgIpc) is 2.62. The smallest absolute Gasteiger partial charge is 0.257 e. The third-order valence-electron chi connectivity index (χ3n) is 4.12. The van der Waals surface area contributed by atoms with Crippen molar-refractivity contribution < 1.29 is 14.3 Å². The van der Waals surface area contributed by atoms with Crippen molar-refractivity contribution in [3.05, 3.63) is 47.9 Å². The number of aryl methyl sites for hydroxylation is 1. The van der Waals surface area contributed by atoms with Crippen molar-refractivity contribution >= 4 is 5.91 Å². The van der Waals surface area contributed by atoms with Crippen LogP contribution in [0.25, 0.3) is 0 Å². The molecule has 0 radical (unpaired) electrons. The molecule has 2 aromatic rings. The van der Waals surface area contributed by atoms with Gasteiger partial charge in [0.05, 0.1) is 18.7 Å². The summed E-state index contributed by atoms with van der Waals surface area (Å²) < 4.78 is 11.5. The molecule has 1 aliphatic rings. The quantitative estimate of drug-likeness (QED) is 0.837. The first-order valence-corrected chi connectivity index (χ1v) is 8.64. The summed E-state index contributed by atoms with van der Waals surface area (Å²) in [5.74, 6) is 1.84. The minimum Gasteiger partial charge on any atom is -0.493 e. The van der Waals surface area contributed by atoms with Gasteiger partial charge in [-0.2, -0.15) is 4.98 Å². The van der Waals surface area contributed by atoms with E-state index in [9.17, 15) is 4.79 Å². The highest BCUT2D eigenvalue weighted by Crippen LogP contribution is 2.23. The predicted octanol–water partition coefficient (Wildman–Crippen LogP) is 2.87. The molecule has 0 spiro atoms. The lowest BCUT2D eigenvalue weighted by Gasteiger charge is -2.33. The second-order valence-corrected chi connectivity index (χ2v) is 6.00. The predicted molar refractivity (Wildman–Crippen MR) is 93.9 cm³/mol. The van der Waals surface area contributed by atoms with Gasteiger partial charge in [-0.1, -0.05) is 12.1 Å². The summed E-state index contributed by atoms with van der Waals surface area (Å²) in [4.78, 5) is 23.1. The number of piperidine rings is 1. The monoisotopic (exact) mass is 341 g/mol. The number of benzene rings is 1. The fraction of sp³-hybridized carbons (Fsp3) is 0.421. The number of amides is 1. The Bertz CT molecular complexity index is 735. The number of para-hydroxylation sites is 1. The lowest BCUT2D eigenvalue weighted by Crippen LogP contribution is -2.44. The molecule has 1 aromatic carbocycles. The van der Waals surface area contributed by atoms with Crippen molar-refractivity contribution in [2.45, 2.75) is 32.8 Å². The Kier molecular flexibility index (Phi) is 5.48. The zero-order valence-electron chi connectivity index (χ0n) is 14.6. The van der Waals surface area contributed by atoms with E-state index in [0.717, 1.165) is 19.4 Å². The minimum absolute atomic E-state index is 0.0174. The number of hydrogen-bond acceptors (Lipinski definition) is 5. The van der Waals surface area contributed by atoms with E-state index in [-0.39, 0.29) is 12.0 Å². The van der Waals surface area contributed by atoms with Crippen LogP contribution in [0.2, 0.25) is 0 Å². The largest absolute Gasteiger partial charge is 0.493 e. The lowest BCUT2D eigenvalue weighted by atomic mass is 10.1. The highest BCUT2D eigenvalue weighted by Gasteiger charge is 2.27. The first-order chi connectivity index (χ1) is 12.2. The molecular formula is C19H23N3O3. The SMILES string of the molecule is CCOc1ccccc1C(=O)N1CCC[C@@H](Oc2ccnc(C)n2)C1. The number of carbonyl (C=O) groups excluding carboxylic acids is 1. The first kappa shape index (κ1) is 17.2. The van der Waals surface area contributed by atoms with Gasteiger partial charge < -0.3 is 14.4 Å². The summed E-state index contributed by atoms with van der Waals surface area (Å²) in [6.07, 6.45) is 3.42. The Morgan fingerprint density at radius 3 is 2.96 bits per heavy atom. The van der Waals surface area contributed by atoms with Crippen LogP contribution in [0.5, 0.6) is 11.6 Å². The summed E-state index contributed by atoms with van der Waals surface area (Å²) in [5.41, 5.74) is 0.600. The summed E-state index contributed by atoms with van der Waals surface area (Å²) in [5, 5.41) is 0. The molecule has 1 saturated heterocycles. The van der Waals surface area contributed by atoms with E-state index in [1.54, 1.807) is 12.3 Å². The molecule has 1 amide bonds. The van der Waals surface area contributed by atoms with Gasteiger partial charge in [-0.05, 0) is 38.8 Å². The van der Waals surface area contributed by atoms with Gasteiger partial charge in [0.25, 0.3) is 5.91 Å². The standard InChI is InChI=1S/C19H23N3O3/c1-3-24-17-9-5-4-8-16(17)19(23)22-12-6-7-15(13-22)25-18-10-11-20-14(2)21-18/h4-5,8-11,15H,3,6-7,12-13H2,1-2H3/t15-/m1/s1. The number of hydrogen-bond donors (Lipinski definition) is 0. The molecule has 0 N–H and O–H groups in total. The van der Waals surface area contributed by atoms with E-state index in [4.69, 9.17) is 9.47 Å². The fourth-order valence-electron chi connectivity index (χ4n) is 2.98. The number of ether oxygens (including phenoxy) is 2. The molecule has 0 aliphatic carbocycles. The maximum Gasteiger partial charge on any atom is 0.257 e. The summed E-state index contributed by atoms with van der Waals surface area (Å²) in [7, 11) is 0. The molecule has 0 unspecified atom stereocenters. The molecule has 6 heteroatoms. The second-order valence-electron chi connectivity index (χ2n) is 6.00. The van der Waals surface area contributed by atoms with Crippen LogP contribution in [-0.4, -0.2) is 46.6 Å². The third kappa shape index (κ3) is 4.26. The van der Waals surface area contributed by atoms with Gasteiger partial charge in [-0.15, -0.1) is 0 Å². The van der Waals surface area contributed by atoms with Crippen molar-refractivity contribution in [2.24, 2.45) is 0 Å². The first-order valence-electron chi connectivity index (χ1n) is 8.64. The maximum atomic E-state index is 12.9. The Morgan fingerprint density at radius 1 is 1.32 bits per heavy atom. The van der Waals surface area contributed by atoms with Crippen molar-refractivity contribution in [2.75, 3.05) is 19.7 Å². The average molecular weight is 341 g/mol. The van der Waals surface area contributed by atoms with Gasteiger partial charge in [0, 0.05) is 18.8 Å². The molecule has 3 rings (SSSR count). The van der Waals surface area contributed by atoms with Crippen LogP contribution in [0, 0.1) is 6.92 Å². The Balaban J connectivity index is 1.69. The molecule has 2 heterocycles. The number of rotatable bonds is 5. The van der Waals surface area contributed by atoms with Crippen molar-refractivity contribution in [3.63, 3.8) is 0 Å². The summed E-state index contributed by atoms with van der Waals surface area (Å²) in [6.45, 7) is 5.54. The fourth-order valence-corrected chi connectivity index (χ4v) is 2.98.